The summed E-state index contributed by atoms with van der Waals surface area (Å²) in [4.78, 5) is 68.0. The Morgan fingerprint density at radius 2 is 0.904 bits per heavy atom. The number of aliphatic hydroxyl groups is 1. The van der Waals surface area contributed by atoms with Crippen LogP contribution in [0.2, 0.25) is 0 Å². The van der Waals surface area contributed by atoms with Gasteiger partial charge in [0.2, 0.25) is 23.6 Å². The van der Waals surface area contributed by atoms with Crippen LogP contribution in [0, 0.1) is 5.92 Å². The summed E-state index contributed by atoms with van der Waals surface area (Å²) in [6.07, 6.45) is 4.79. The monoisotopic (exact) mass is 983 g/mol. The summed E-state index contributed by atoms with van der Waals surface area (Å²) in [5.41, 5.74) is 5.30. The number of rotatable bonds is 25. The molecule has 11 heteroatoms. The number of hydrogen-bond acceptors (Lipinski definition) is 7. The first-order valence-corrected chi connectivity index (χ1v) is 25.3. The molecule has 11 nitrogen and oxygen atoms in total. The summed E-state index contributed by atoms with van der Waals surface area (Å²) in [6.45, 7) is 6.54. The molecule has 0 spiro atoms. The predicted octanol–water partition coefficient (Wildman–Crippen LogP) is 9.12. The summed E-state index contributed by atoms with van der Waals surface area (Å²) in [7, 11) is 1.22. The number of benzene rings is 6. The van der Waals surface area contributed by atoms with Gasteiger partial charge in [0, 0.05) is 10.8 Å². The van der Waals surface area contributed by atoms with Crippen LogP contribution < -0.4 is 21.3 Å². The molecule has 4 amide bonds. The molecule has 0 aliphatic heterocycles. The number of unbranched alkanes of at least 4 members (excludes halogenated alkanes) is 1. The summed E-state index contributed by atoms with van der Waals surface area (Å²) >= 11 is 0. The fraction of sp³-hybridized carbons (Fsp3) is 0.306. The lowest BCUT2D eigenvalue weighted by molar-refractivity contribution is -0.145. The second kappa shape index (κ2) is 26.7. The number of nitrogens with one attached hydrogen (secondary N) is 4. The fourth-order valence-corrected chi connectivity index (χ4v) is 9.82. The van der Waals surface area contributed by atoms with Crippen LogP contribution in [0.4, 0.5) is 0 Å². The smallest absolute Gasteiger partial charge is 0.328 e. The number of carbonyl (C=O) groups excluding carboxylic acids is 5. The quantitative estimate of drug-likeness (QED) is 0.0165. The van der Waals surface area contributed by atoms with E-state index in [1.54, 1.807) is 19.9 Å². The molecule has 0 saturated heterocycles. The lowest BCUT2D eigenvalue weighted by Crippen LogP contribution is -2.58. The molecule has 6 aromatic rings. The third kappa shape index (κ3) is 14.1. The van der Waals surface area contributed by atoms with Crippen LogP contribution in [0.1, 0.15) is 99.6 Å². The topological polar surface area (TPSA) is 163 Å². The second-order valence-electron chi connectivity index (χ2n) is 19.0. The third-order valence-corrected chi connectivity index (χ3v) is 13.6. The van der Waals surface area contributed by atoms with Gasteiger partial charge >= 0.3 is 5.97 Å². The zero-order valence-corrected chi connectivity index (χ0v) is 42.6. The minimum atomic E-state index is -1.19. The molecule has 0 aliphatic rings. The van der Waals surface area contributed by atoms with Crippen LogP contribution in [0.3, 0.4) is 0 Å². The second-order valence-corrected chi connectivity index (χ2v) is 19.0. The van der Waals surface area contributed by atoms with E-state index in [2.05, 4.69) is 94.1 Å². The van der Waals surface area contributed by atoms with E-state index in [1.807, 2.05) is 115 Å². The van der Waals surface area contributed by atoms with Gasteiger partial charge in [-0.05, 0) is 85.3 Å². The first kappa shape index (κ1) is 54.7. The summed E-state index contributed by atoms with van der Waals surface area (Å²) in [5.74, 6) is -3.45. The van der Waals surface area contributed by atoms with Crippen molar-refractivity contribution in [1.82, 2.24) is 21.3 Å². The molecule has 5 atom stereocenters. The molecule has 0 aromatic heterocycles. The molecular weight excluding hydrogens is 913 g/mol. The van der Waals surface area contributed by atoms with Gasteiger partial charge in [-0.3, -0.25) is 19.2 Å². The Bertz CT molecular complexity index is 2510. The van der Waals surface area contributed by atoms with Gasteiger partial charge in [-0.2, -0.15) is 0 Å². The molecular formula is C62H70N4O7. The number of esters is 1. The first-order valence-electron chi connectivity index (χ1n) is 25.3. The molecule has 0 fully saturated rings. The molecule has 0 radical (unpaired) electrons. The third-order valence-electron chi connectivity index (χ3n) is 13.6. The van der Waals surface area contributed by atoms with Crippen molar-refractivity contribution in [3.05, 3.63) is 228 Å². The van der Waals surface area contributed by atoms with Crippen LogP contribution in [-0.2, 0) is 39.5 Å². The average Bonchev–Trinajstić information content (AvgIpc) is 3.42. The maximum Gasteiger partial charge on any atom is 0.328 e. The number of hydrogen-bond donors (Lipinski definition) is 5. The Morgan fingerprint density at radius 3 is 1.29 bits per heavy atom. The van der Waals surface area contributed by atoms with E-state index < -0.39 is 76.6 Å². The van der Waals surface area contributed by atoms with E-state index >= 15 is 0 Å². The van der Waals surface area contributed by atoms with Gasteiger partial charge in [0.1, 0.15) is 24.2 Å². The molecule has 380 valence electrons. The van der Waals surface area contributed by atoms with E-state index in [1.165, 1.54) is 37.6 Å². The van der Waals surface area contributed by atoms with Crippen molar-refractivity contribution < 1.29 is 33.8 Å². The number of ether oxygens (including phenoxy) is 1. The van der Waals surface area contributed by atoms with E-state index in [0.29, 0.717) is 12.8 Å². The Labute approximate surface area is 430 Å². The van der Waals surface area contributed by atoms with Crippen molar-refractivity contribution in [3.8, 4) is 0 Å². The number of methoxy groups -OCH3 is 1. The molecule has 0 aliphatic carbocycles. The Morgan fingerprint density at radius 1 is 0.507 bits per heavy atom. The van der Waals surface area contributed by atoms with Crippen LogP contribution in [0.15, 0.2) is 194 Å². The number of amides is 4. The van der Waals surface area contributed by atoms with Crippen LogP contribution in [0.25, 0.3) is 0 Å². The standard InChI is InChI=1S/C62H70N4O7/c1-44(2)56(59(71)64-46(4)60(72)73-5)66-58(70)54(40-42-62(50-33-19-9-20-34-50,51-35-21-10-22-36-51)52-37-23-11-24-38-52)65-57(69)45(3)63-55(68)43-53(67)39-25-12-26-41-61(47-27-13-6-14-28-47,48-29-15-7-16-30-48)49-31-17-8-18-32-49/h6-11,13-25,27-39,44-46,53-54,56,67H,12,26,40-43H2,1-5H3,(H,63,68)(H,64,71)(H,65,69)(H,66,70)/b39-25+/t45-,46-,53-,54-,56-/m1/s1. The van der Waals surface area contributed by atoms with Crippen molar-refractivity contribution in [3.63, 3.8) is 0 Å². The molecule has 0 unspecified atom stereocenters. The zero-order chi connectivity index (χ0) is 52.2. The van der Waals surface area contributed by atoms with Crippen molar-refractivity contribution in [2.45, 2.75) is 107 Å². The Hall–Kier alpha value is -7.63. The lowest BCUT2D eigenvalue weighted by Gasteiger charge is -2.37. The Balaban J connectivity index is 1.17. The fourth-order valence-electron chi connectivity index (χ4n) is 9.82. The number of allylic oxidation sites excluding steroid dienone is 1. The van der Waals surface area contributed by atoms with Gasteiger partial charge in [0.25, 0.3) is 0 Å². The van der Waals surface area contributed by atoms with Crippen LogP contribution in [-0.4, -0.2) is 72.1 Å². The molecule has 0 heterocycles. The normalized spacial score (nSPS) is 13.7. The SMILES string of the molecule is COC(=O)[C@@H](C)NC(=O)[C@H](NC(=O)[C@@H](CCC(c1ccccc1)(c1ccccc1)c1ccccc1)NC(=O)[C@@H](C)NC(=O)C[C@H](O)/C=C/CCCC(c1ccccc1)(c1ccccc1)c1ccccc1)C(C)C. The summed E-state index contributed by atoms with van der Waals surface area (Å²) in [5, 5.41) is 22.1. The van der Waals surface area contributed by atoms with E-state index in [9.17, 15) is 29.1 Å². The van der Waals surface area contributed by atoms with Gasteiger partial charge in [0.05, 0.1) is 19.6 Å². The number of carbonyl (C=O) groups is 5. The molecule has 5 N–H and O–H groups in total. The van der Waals surface area contributed by atoms with Crippen molar-refractivity contribution in [2.75, 3.05) is 7.11 Å². The highest BCUT2D eigenvalue weighted by molar-refractivity contribution is 5.95. The minimum absolute atomic E-state index is 0.106. The minimum Gasteiger partial charge on any atom is -0.467 e. The summed E-state index contributed by atoms with van der Waals surface area (Å²) in [6, 6.07) is 57.1. The van der Waals surface area contributed by atoms with Gasteiger partial charge < -0.3 is 31.1 Å². The predicted molar refractivity (Wildman–Crippen MR) is 287 cm³/mol. The van der Waals surface area contributed by atoms with Gasteiger partial charge in [-0.25, -0.2) is 4.79 Å². The lowest BCUT2D eigenvalue weighted by atomic mass is 9.66. The van der Waals surface area contributed by atoms with E-state index in [-0.39, 0.29) is 12.8 Å². The molecule has 73 heavy (non-hydrogen) atoms. The largest absolute Gasteiger partial charge is 0.467 e. The van der Waals surface area contributed by atoms with E-state index in [0.717, 1.165) is 29.5 Å². The van der Waals surface area contributed by atoms with Gasteiger partial charge in [-0.15, -0.1) is 0 Å². The molecule has 0 saturated carbocycles. The van der Waals surface area contributed by atoms with Crippen molar-refractivity contribution in [2.24, 2.45) is 5.92 Å². The molecule has 6 rings (SSSR count). The molecule has 6 aromatic carbocycles. The van der Waals surface area contributed by atoms with Crippen LogP contribution in [0.5, 0.6) is 0 Å². The zero-order valence-electron chi connectivity index (χ0n) is 42.6. The van der Waals surface area contributed by atoms with Crippen LogP contribution >= 0.6 is 0 Å². The highest BCUT2D eigenvalue weighted by Gasteiger charge is 2.39. The average molecular weight is 983 g/mol. The highest BCUT2D eigenvalue weighted by atomic mass is 16.5. The van der Waals surface area contributed by atoms with E-state index in [4.69, 9.17) is 4.74 Å². The van der Waals surface area contributed by atoms with Gasteiger partial charge in [-0.1, -0.05) is 208 Å². The maximum atomic E-state index is 14.6. The maximum absolute atomic E-state index is 14.6. The Kier molecular flexibility index (Phi) is 20.0. The number of aliphatic hydroxyl groups excluding tert-OH is 1. The molecule has 0 bridgehead atoms. The van der Waals surface area contributed by atoms with Crippen molar-refractivity contribution in [1.29, 1.82) is 0 Å². The first-order chi connectivity index (χ1) is 35.3. The highest BCUT2D eigenvalue weighted by Crippen LogP contribution is 2.45. The van der Waals surface area contributed by atoms with Gasteiger partial charge in [0.15, 0.2) is 0 Å². The summed E-state index contributed by atoms with van der Waals surface area (Å²) < 4.78 is 4.80. The van der Waals surface area contributed by atoms with Crippen molar-refractivity contribution >= 4 is 29.6 Å².